The van der Waals surface area contributed by atoms with E-state index in [1.165, 1.54) is 0 Å². The van der Waals surface area contributed by atoms with Crippen molar-refractivity contribution in [1.29, 1.82) is 5.26 Å². The van der Waals surface area contributed by atoms with Crippen molar-refractivity contribution in [2.24, 2.45) is 0 Å². The zero-order chi connectivity index (χ0) is 24.7. The van der Waals surface area contributed by atoms with E-state index in [1.54, 1.807) is 11.0 Å². The van der Waals surface area contributed by atoms with Gasteiger partial charge in [0.05, 0.1) is 17.3 Å². The van der Waals surface area contributed by atoms with Crippen molar-refractivity contribution in [2.75, 3.05) is 29.5 Å². The van der Waals surface area contributed by atoms with Gasteiger partial charge in [-0.15, -0.1) is 0 Å². The standard InChI is InChI=1S/C24H23F5N2O2S/c1-12(25)22(29)18-9-15(26)6-14(11-30)16(18)7-13-8-19(27)23(31-2-4-34(33)5-3-31)21-17(13)10-20(28)24(21)32/h6,8-9,12,20,22,24,32H,2-5,7,10H2,1H3. The lowest BCUT2D eigenvalue weighted by Crippen LogP contribution is -2.39. The molecule has 0 amide bonds. The SMILES string of the molecule is CC(F)C(F)c1cc(F)cc(C#N)c1Cc1cc(F)c(N2CCS(=O)CC2)c2c1CC(F)C2O. The number of rotatable bonds is 5. The smallest absolute Gasteiger partial charge is 0.156 e. The fourth-order valence-corrected chi connectivity index (χ4v) is 5.83. The van der Waals surface area contributed by atoms with Crippen LogP contribution in [0.4, 0.5) is 27.6 Å². The summed E-state index contributed by atoms with van der Waals surface area (Å²) in [6.07, 6.45) is -7.99. The summed E-state index contributed by atoms with van der Waals surface area (Å²) in [6.45, 7) is 1.52. The Balaban J connectivity index is 1.85. The number of hydrogen-bond donors (Lipinski definition) is 1. The molecule has 4 nitrogen and oxygen atoms in total. The normalized spacial score (nSPS) is 22.4. The summed E-state index contributed by atoms with van der Waals surface area (Å²) in [4.78, 5) is 1.63. The van der Waals surface area contributed by atoms with Crippen LogP contribution in [0.25, 0.3) is 0 Å². The van der Waals surface area contributed by atoms with Gasteiger partial charge in [0.15, 0.2) is 6.17 Å². The summed E-state index contributed by atoms with van der Waals surface area (Å²) < 4.78 is 84.3. The van der Waals surface area contributed by atoms with Crippen LogP contribution in [-0.2, 0) is 23.6 Å². The first kappa shape index (κ1) is 24.6. The molecule has 10 heteroatoms. The average molecular weight is 499 g/mol. The maximum absolute atomic E-state index is 15.4. The van der Waals surface area contributed by atoms with Gasteiger partial charge in [-0.05, 0) is 53.8 Å². The molecule has 0 radical (unpaired) electrons. The number of aliphatic hydroxyl groups is 1. The molecule has 1 N–H and O–H groups in total. The lowest BCUT2D eigenvalue weighted by Gasteiger charge is -2.32. The van der Waals surface area contributed by atoms with Crippen molar-refractivity contribution in [3.05, 3.63) is 63.2 Å². The lowest BCUT2D eigenvalue weighted by molar-refractivity contribution is 0.0927. The first-order valence-corrected chi connectivity index (χ1v) is 12.4. The molecule has 1 aliphatic carbocycles. The van der Waals surface area contributed by atoms with E-state index in [0.29, 0.717) is 17.1 Å². The molecule has 0 spiro atoms. The molecule has 1 fully saturated rings. The highest BCUT2D eigenvalue weighted by molar-refractivity contribution is 7.85. The van der Waals surface area contributed by atoms with Crippen molar-refractivity contribution in [2.45, 2.75) is 44.4 Å². The molecule has 2 aromatic rings. The van der Waals surface area contributed by atoms with Crippen molar-refractivity contribution < 1.29 is 31.3 Å². The van der Waals surface area contributed by atoms with Gasteiger partial charge in [-0.25, -0.2) is 22.0 Å². The van der Waals surface area contributed by atoms with E-state index in [-0.39, 0.29) is 59.4 Å². The van der Waals surface area contributed by atoms with Crippen LogP contribution in [0.2, 0.25) is 0 Å². The first-order valence-electron chi connectivity index (χ1n) is 10.9. The molecule has 4 rings (SSSR count). The molecule has 182 valence electrons. The van der Waals surface area contributed by atoms with Crippen LogP contribution in [-0.4, -0.2) is 46.3 Å². The zero-order valence-corrected chi connectivity index (χ0v) is 19.1. The second-order valence-corrected chi connectivity index (χ2v) is 10.3. The summed E-state index contributed by atoms with van der Waals surface area (Å²) in [5.74, 6) is -1.02. The number of benzene rings is 2. The quantitative estimate of drug-likeness (QED) is 0.625. The second kappa shape index (κ2) is 9.62. The lowest BCUT2D eigenvalue weighted by atomic mass is 9.88. The number of nitrogens with zero attached hydrogens (tertiary/aromatic N) is 2. The first-order chi connectivity index (χ1) is 16.1. The van der Waals surface area contributed by atoms with Crippen LogP contribution in [0.5, 0.6) is 0 Å². The zero-order valence-electron chi connectivity index (χ0n) is 18.3. The van der Waals surface area contributed by atoms with E-state index in [9.17, 15) is 32.1 Å². The summed E-state index contributed by atoms with van der Waals surface area (Å²) >= 11 is 0. The largest absolute Gasteiger partial charge is 0.385 e. The average Bonchev–Trinajstić information content (AvgIpc) is 3.09. The van der Waals surface area contributed by atoms with Crippen LogP contribution in [0.15, 0.2) is 18.2 Å². The minimum atomic E-state index is -2.22. The molecular weight excluding hydrogens is 475 g/mol. The number of alkyl halides is 3. The minimum Gasteiger partial charge on any atom is -0.385 e. The van der Waals surface area contributed by atoms with Crippen molar-refractivity contribution in [3.63, 3.8) is 0 Å². The Labute approximate surface area is 196 Å². The molecule has 4 unspecified atom stereocenters. The molecule has 2 aliphatic rings. The van der Waals surface area contributed by atoms with Crippen molar-refractivity contribution in [1.82, 2.24) is 0 Å². The van der Waals surface area contributed by atoms with E-state index in [2.05, 4.69) is 0 Å². The van der Waals surface area contributed by atoms with E-state index >= 15 is 4.39 Å². The number of nitriles is 1. The van der Waals surface area contributed by atoms with E-state index < -0.39 is 47.1 Å². The van der Waals surface area contributed by atoms with Gasteiger partial charge in [0.1, 0.15) is 30.1 Å². The Hall–Kier alpha value is -2.51. The number of aliphatic hydroxyl groups excluding tert-OH is 1. The van der Waals surface area contributed by atoms with Gasteiger partial charge < -0.3 is 10.0 Å². The molecule has 2 aromatic carbocycles. The monoisotopic (exact) mass is 498 g/mol. The van der Waals surface area contributed by atoms with Gasteiger partial charge in [-0.3, -0.25) is 4.21 Å². The second-order valence-electron chi connectivity index (χ2n) is 8.65. The molecule has 1 saturated heterocycles. The highest BCUT2D eigenvalue weighted by Gasteiger charge is 2.39. The molecule has 1 heterocycles. The van der Waals surface area contributed by atoms with Gasteiger partial charge in [-0.2, -0.15) is 5.26 Å². The predicted octanol–water partition coefficient (Wildman–Crippen LogP) is 4.29. The molecule has 0 saturated carbocycles. The minimum absolute atomic E-state index is 0.0135. The Morgan fingerprint density at radius 2 is 1.91 bits per heavy atom. The molecule has 34 heavy (non-hydrogen) atoms. The van der Waals surface area contributed by atoms with E-state index in [0.717, 1.165) is 25.1 Å². The summed E-state index contributed by atoms with van der Waals surface area (Å²) in [7, 11) is -1.03. The van der Waals surface area contributed by atoms with Gasteiger partial charge in [0.25, 0.3) is 0 Å². The van der Waals surface area contributed by atoms with Crippen LogP contribution in [0.3, 0.4) is 0 Å². The third kappa shape index (κ3) is 4.43. The highest BCUT2D eigenvalue weighted by atomic mass is 32.2. The van der Waals surface area contributed by atoms with Crippen LogP contribution >= 0.6 is 0 Å². The highest BCUT2D eigenvalue weighted by Crippen LogP contribution is 2.44. The number of hydrogen-bond acceptors (Lipinski definition) is 4. The number of anilines is 1. The maximum Gasteiger partial charge on any atom is 0.156 e. The maximum atomic E-state index is 15.4. The fraction of sp³-hybridized carbons (Fsp3) is 0.458. The van der Waals surface area contributed by atoms with Gasteiger partial charge in [0, 0.05) is 47.4 Å². The Morgan fingerprint density at radius 3 is 2.53 bits per heavy atom. The van der Waals surface area contributed by atoms with E-state index in [4.69, 9.17) is 0 Å². The third-order valence-corrected chi connectivity index (χ3v) is 7.74. The predicted molar refractivity (Wildman–Crippen MR) is 118 cm³/mol. The molecule has 4 atom stereocenters. The number of halogens is 5. The molecule has 0 aromatic heterocycles. The molecule has 1 aliphatic heterocycles. The van der Waals surface area contributed by atoms with Gasteiger partial charge >= 0.3 is 0 Å². The molecule has 0 bridgehead atoms. The molecular formula is C24H23F5N2O2S. The number of fused-ring (bicyclic) bond motifs is 1. The summed E-state index contributed by atoms with van der Waals surface area (Å²) in [6, 6.07) is 4.62. The Bertz CT molecular complexity index is 1170. The summed E-state index contributed by atoms with van der Waals surface area (Å²) in [5, 5.41) is 20.0. The van der Waals surface area contributed by atoms with E-state index in [1.807, 2.05) is 0 Å². The van der Waals surface area contributed by atoms with Crippen LogP contribution < -0.4 is 4.90 Å². The Morgan fingerprint density at radius 1 is 1.24 bits per heavy atom. The summed E-state index contributed by atoms with van der Waals surface area (Å²) in [5.41, 5.74) is 0.0474. The van der Waals surface area contributed by atoms with Crippen molar-refractivity contribution in [3.8, 4) is 6.07 Å². The fourth-order valence-electron chi connectivity index (χ4n) is 4.78. The van der Waals surface area contributed by atoms with Gasteiger partial charge in [0.2, 0.25) is 0 Å². The third-order valence-electron chi connectivity index (χ3n) is 6.46. The van der Waals surface area contributed by atoms with Crippen LogP contribution in [0.1, 0.15) is 52.6 Å². The van der Waals surface area contributed by atoms with Crippen molar-refractivity contribution >= 4 is 16.5 Å². The Kier molecular flexibility index (Phi) is 6.97. The van der Waals surface area contributed by atoms with Crippen LogP contribution in [0, 0.1) is 23.0 Å². The topological polar surface area (TPSA) is 64.3 Å². The van der Waals surface area contributed by atoms with Gasteiger partial charge in [-0.1, -0.05) is 0 Å².